The van der Waals surface area contributed by atoms with Crippen LogP contribution in [0.15, 0.2) is 35.2 Å². The van der Waals surface area contributed by atoms with Crippen molar-refractivity contribution in [3.05, 3.63) is 30.3 Å². The molecule has 1 heterocycles. The Hall–Kier alpha value is -0.990. The van der Waals surface area contributed by atoms with E-state index in [0.29, 0.717) is 44.2 Å². The molecule has 0 radical (unpaired) electrons. The van der Waals surface area contributed by atoms with Crippen LogP contribution in [-0.4, -0.2) is 74.3 Å². The first-order chi connectivity index (χ1) is 10.9. The molecule has 2 rings (SSSR count). The lowest BCUT2D eigenvalue weighted by atomic mass is 10.3. The van der Waals surface area contributed by atoms with E-state index in [1.807, 2.05) is 13.8 Å². The normalized spacial score (nSPS) is 19.1. The topological polar surface area (TPSA) is 70.1 Å². The molecule has 1 aromatic carbocycles. The molecule has 0 aromatic heterocycles. The number of aliphatic hydroxyl groups is 1. The third kappa shape index (κ3) is 5.26. The van der Waals surface area contributed by atoms with Crippen molar-refractivity contribution in [1.29, 1.82) is 0 Å². The van der Waals surface area contributed by atoms with Gasteiger partial charge in [0.15, 0.2) is 0 Å². The largest absolute Gasteiger partial charge is 0.389 e. The molecule has 1 unspecified atom stereocenters. The van der Waals surface area contributed by atoms with Crippen molar-refractivity contribution < 1.29 is 18.3 Å². The van der Waals surface area contributed by atoms with E-state index in [-0.39, 0.29) is 6.10 Å². The van der Waals surface area contributed by atoms with E-state index in [4.69, 9.17) is 4.74 Å². The summed E-state index contributed by atoms with van der Waals surface area (Å²) in [6.45, 7) is 6.78. The molecule has 1 aliphatic rings. The monoisotopic (exact) mass is 342 g/mol. The molecule has 6 nitrogen and oxygen atoms in total. The standard InChI is InChI=1S/C16H26N2O4S/c1-14(2)22-13-15(19)12-17-8-10-18(11-9-17)23(20,21)16-6-4-3-5-7-16/h3-7,14-15,19H,8-13H2,1-2H3. The van der Waals surface area contributed by atoms with Gasteiger partial charge < -0.3 is 9.84 Å². The number of β-amino-alcohol motifs (C(OH)–C–C–N with tert-alkyl or cyclic N) is 1. The lowest BCUT2D eigenvalue weighted by molar-refractivity contribution is -0.0117. The van der Waals surface area contributed by atoms with Crippen molar-refractivity contribution in [3.8, 4) is 0 Å². The van der Waals surface area contributed by atoms with Gasteiger partial charge in [-0.3, -0.25) is 4.90 Å². The minimum atomic E-state index is -3.42. The average Bonchev–Trinajstić information content (AvgIpc) is 2.54. The quantitative estimate of drug-likeness (QED) is 0.793. The number of sulfonamides is 1. The van der Waals surface area contributed by atoms with Gasteiger partial charge in [-0.2, -0.15) is 4.31 Å². The first-order valence-corrected chi connectivity index (χ1v) is 9.41. The number of piperazine rings is 1. The minimum absolute atomic E-state index is 0.0949. The second-order valence-electron chi connectivity index (χ2n) is 6.05. The summed E-state index contributed by atoms with van der Waals surface area (Å²) in [5.74, 6) is 0. The number of nitrogens with zero attached hydrogens (tertiary/aromatic N) is 2. The fourth-order valence-electron chi connectivity index (χ4n) is 2.55. The Morgan fingerprint density at radius 3 is 2.30 bits per heavy atom. The van der Waals surface area contributed by atoms with E-state index >= 15 is 0 Å². The highest BCUT2D eigenvalue weighted by Crippen LogP contribution is 2.17. The van der Waals surface area contributed by atoms with Gasteiger partial charge in [-0.15, -0.1) is 0 Å². The molecule has 130 valence electrons. The maximum absolute atomic E-state index is 12.5. The van der Waals surface area contributed by atoms with Gasteiger partial charge in [-0.05, 0) is 26.0 Å². The van der Waals surface area contributed by atoms with Gasteiger partial charge in [0.2, 0.25) is 10.0 Å². The Kier molecular flexibility index (Phi) is 6.55. The molecular weight excluding hydrogens is 316 g/mol. The molecule has 1 aliphatic heterocycles. The smallest absolute Gasteiger partial charge is 0.243 e. The second kappa shape index (κ2) is 8.21. The predicted octanol–water partition coefficient (Wildman–Crippen LogP) is 0.779. The molecule has 1 saturated heterocycles. The Labute approximate surface area is 138 Å². The predicted molar refractivity (Wildman–Crippen MR) is 88.7 cm³/mol. The number of hydrogen-bond acceptors (Lipinski definition) is 5. The highest BCUT2D eigenvalue weighted by Gasteiger charge is 2.28. The van der Waals surface area contributed by atoms with Crippen LogP contribution >= 0.6 is 0 Å². The van der Waals surface area contributed by atoms with Crippen molar-refractivity contribution in [3.63, 3.8) is 0 Å². The van der Waals surface area contributed by atoms with Gasteiger partial charge >= 0.3 is 0 Å². The number of aliphatic hydroxyl groups excluding tert-OH is 1. The van der Waals surface area contributed by atoms with Crippen LogP contribution in [0.2, 0.25) is 0 Å². The van der Waals surface area contributed by atoms with E-state index < -0.39 is 16.1 Å². The van der Waals surface area contributed by atoms with E-state index in [1.165, 1.54) is 4.31 Å². The molecule has 0 bridgehead atoms. The van der Waals surface area contributed by atoms with Crippen molar-refractivity contribution in [2.75, 3.05) is 39.3 Å². The first-order valence-electron chi connectivity index (χ1n) is 7.97. The van der Waals surface area contributed by atoms with Crippen LogP contribution in [0.3, 0.4) is 0 Å². The molecule has 1 atom stereocenters. The first kappa shape index (κ1) is 18.4. The molecule has 1 fully saturated rings. The van der Waals surface area contributed by atoms with Crippen LogP contribution in [0.25, 0.3) is 0 Å². The fourth-order valence-corrected chi connectivity index (χ4v) is 3.99. The van der Waals surface area contributed by atoms with Crippen LogP contribution in [-0.2, 0) is 14.8 Å². The molecule has 0 aliphatic carbocycles. The number of benzene rings is 1. The zero-order chi connectivity index (χ0) is 16.9. The molecule has 1 aromatic rings. The SMILES string of the molecule is CC(C)OCC(O)CN1CCN(S(=O)(=O)c2ccccc2)CC1. The highest BCUT2D eigenvalue weighted by molar-refractivity contribution is 7.89. The molecule has 0 amide bonds. The van der Waals surface area contributed by atoms with Gasteiger partial charge in [-0.1, -0.05) is 18.2 Å². The van der Waals surface area contributed by atoms with Crippen LogP contribution in [0.5, 0.6) is 0 Å². The Morgan fingerprint density at radius 2 is 1.74 bits per heavy atom. The molecule has 7 heteroatoms. The van der Waals surface area contributed by atoms with E-state index in [2.05, 4.69) is 4.90 Å². The molecule has 1 N–H and O–H groups in total. The lowest BCUT2D eigenvalue weighted by Gasteiger charge is -2.34. The van der Waals surface area contributed by atoms with Crippen molar-refractivity contribution in [1.82, 2.24) is 9.21 Å². The lowest BCUT2D eigenvalue weighted by Crippen LogP contribution is -2.50. The van der Waals surface area contributed by atoms with Gasteiger partial charge in [-0.25, -0.2) is 8.42 Å². The van der Waals surface area contributed by atoms with Crippen LogP contribution < -0.4 is 0 Å². The maximum atomic E-state index is 12.5. The van der Waals surface area contributed by atoms with Crippen molar-refractivity contribution in [2.24, 2.45) is 0 Å². The van der Waals surface area contributed by atoms with Crippen LogP contribution in [0.4, 0.5) is 0 Å². The van der Waals surface area contributed by atoms with Gasteiger partial charge in [0.1, 0.15) is 0 Å². The Morgan fingerprint density at radius 1 is 1.13 bits per heavy atom. The van der Waals surface area contributed by atoms with Gasteiger partial charge in [0.25, 0.3) is 0 Å². The van der Waals surface area contributed by atoms with E-state index in [1.54, 1.807) is 30.3 Å². The number of rotatable bonds is 7. The number of hydrogen-bond donors (Lipinski definition) is 1. The summed E-state index contributed by atoms with van der Waals surface area (Å²) < 4.78 is 32.0. The second-order valence-corrected chi connectivity index (χ2v) is 7.99. The summed E-state index contributed by atoms with van der Waals surface area (Å²) >= 11 is 0. The maximum Gasteiger partial charge on any atom is 0.243 e. The fraction of sp³-hybridized carbons (Fsp3) is 0.625. The van der Waals surface area contributed by atoms with Gasteiger partial charge in [0.05, 0.1) is 23.7 Å². The Balaban J connectivity index is 1.84. The molecule has 23 heavy (non-hydrogen) atoms. The Bertz CT molecular complexity index is 569. The third-order valence-corrected chi connectivity index (χ3v) is 5.72. The summed E-state index contributed by atoms with van der Waals surface area (Å²) in [5, 5.41) is 9.96. The third-order valence-electron chi connectivity index (χ3n) is 3.80. The van der Waals surface area contributed by atoms with E-state index in [0.717, 1.165) is 0 Å². The zero-order valence-corrected chi connectivity index (χ0v) is 14.6. The molecule has 0 saturated carbocycles. The van der Waals surface area contributed by atoms with Gasteiger partial charge in [0, 0.05) is 32.7 Å². The van der Waals surface area contributed by atoms with Crippen molar-refractivity contribution >= 4 is 10.0 Å². The zero-order valence-electron chi connectivity index (χ0n) is 13.8. The number of ether oxygens (including phenoxy) is 1. The van der Waals surface area contributed by atoms with Crippen molar-refractivity contribution in [2.45, 2.75) is 31.0 Å². The van der Waals surface area contributed by atoms with E-state index in [9.17, 15) is 13.5 Å². The molecular formula is C16H26N2O4S. The summed E-state index contributed by atoms with van der Waals surface area (Å²) in [6.07, 6.45) is -0.452. The summed E-state index contributed by atoms with van der Waals surface area (Å²) in [4.78, 5) is 2.41. The van der Waals surface area contributed by atoms with Crippen LogP contribution in [0, 0.1) is 0 Å². The van der Waals surface area contributed by atoms with Crippen LogP contribution in [0.1, 0.15) is 13.8 Å². The summed E-state index contributed by atoms with van der Waals surface area (Å²) in [6, 6.07) is 8.50. The molecule has 0 spiro atoms. The summed E-state index contributed by atoms with van der Waals surface area (Å²) in [5.41, 5.74) is 0. The highest BCUT2D eigenvalue weighted by atomic mass is 32.2. The minimum Gasteiger partial charge on any atom is -0.389 e. The average molecular weight is 342 g/mol. The summed E-state index contributed by atoms with van der Waals surface area (Å²) in [7, 11) is -3.42.